The summed E-state index contributed by atoms with van der Waals surface area (Å²) in [5.41, 5.74) is 0.966. The smallest absolute Gasteiger partial charge is 0.250 e. The highest BCUT2D eigenvalue weighted by atomic mass is 35.5. The number of ether oxygens (including phenoxy) is 1. The first-order chi connectivity index (χ1) is 14.3. The number of methoxy groups -OCH3 is 1. The molecule has 2 aromatic carbocycles. The van der Waals surface area contributed by atoms with Crippen molar-refractivity contribution < 1.29 is 14.3 Å². The number of hydrogen-bond acceptors (Lipinski definition) is 4. The summed E-state index contributed by atoms with van der Waals surface area (Å²) in [5.74, 6) is -0.0419. The zero-order valence-electron chi connectivity index (χ0n) is 17.3. The van der Waals surface area contributed by atoms with Crippen molar-refractivity contribution in [1.82, 2.24) is 5.32 Å². The van der Waals surface area contributed by atoms with Gasteiger partial charge < -0.3 is 15.4 Å². The summed E-state index contributed by atoms with van der Waals surface area (Å²) < 4.78 is 5.36. The van der Waals surface area contributed by atoms with E-state index >= 15 is 0 Å². The molecule has 2 heterocycles. The van der Waals surface area contributed by atoms with Crippen molar-refractivity contribution in [3.63, 3.8) is 0 Å². The van der Waals surface area contributed by atoms with E-state index in [9.17, 15) is 9.59 Å². The lowest BCUT2D eigenvalue weighted by atomic mass is 9.79. The summed E-state index contributed by atoms with van der Waals surface area (Å²) in [6.45, 7) is 4.28. The largest absolute Gasteiger partial charge is 0.495 e. The van der Waals surface area contributed by atoms with E-state index in [1.165, 1.54) is 7.11 Å². The molecule has 2 aromatic rings. The molecule has 1 spiro atoms. The molecule has 2 aliphatic rings. The number of amides is 2. The number of rotatable bonds is 5. The molecule has 6 nitrogen and oxygen atoms in total. The molecule has 0 aromatic heterocycles. The van der Waals surface area contributed by atoms with Gasteiger partial charge in [0.05, 0.1) is 18.7 Å². The van der Waals surface area contributed by atoms with Crippen LogP contribution >= 0.6 is 11.6 Å². The van der Waals surface area contributed by atoms with Crippen LogP contribution in [0.3, 0.4) is 0 Å². The zero-order valence-corrected chi connectivity index (χ0v) is 18.0. The molecule has 0 radical (unpaired) electrons. The number of carbonyl (C=O) groups excluding carboxylic acids is 2. The molecule has 158 valence electrons. The summed E-state index contributed by atoms with van der Waals surface area (Å²) >= 11 is 6.12. The third kappa shape index (κ3) is 3.44. The van der Waals surface area contributed by atoms with Crippen molar-refractivity contribution in [2.75, 3.05) is 17.7 Å². The molecule has 0 bridgehead atoms. The average molecular weight is 428 g/mol. The number of carbonyl (C=O) groups is 2. The second kappa shape index (κ2) is 7.93. The molecule has 7 heteroatoms. The lowest BCUT2D eigenvalue weighted by Crippen LogP contribution is -2.52. The minimum absolute atomic E-state index is 0.0545. The number of halogens is 1. The van der Waals surface area contributed by atoms with Crippen LogP contribution in [0.5, 0.6) is 5.75 Å². The first kappa shape index (κ1) is 20.7. The van der Waals surface area contributed by atoms with E-state index in [0.717, 1.165) is 17.7 Å². The quantitative estimate of drug-likeness (QED) is 0.669. The van der Waals surface area contributed by atoms with Crippen molar-refractivity contribution >= 4 is 34.8 Å². The standard InChI is InChI=1S/C23H26ClN3O3/c1-13(2)10-15-12-17(21(28)25-19-11-14(24)8-9-20(19)30-3)23(27-15)16-6-4-5-7-18(16)26-22(23)29/h4-9,11,13,15,17,27H,10,12H2,1-3H3,(H,25,28)(H,26,29)/t15-,17+,23-/m1/s1. The number of fused-ring (bicyclic) bond motifs is 2. The van der Waals surface area contributed by atoms with E-state index in [2.05, 4.69) is 29.8 Å². The van der Waals surface area contributed by atoms with E-state index in [-0.39, 0.29) is 17.9 Å². The molecule has 30 heavy (non-hydrogen) atoms. The minimum Gasteiger partial charge on any atom is -0.495 e. The van der Waals surface area contributed by atoms with Gasteiger partial charge in [0.1, 0.15) is 11.3 Å². The molecular formula is C23H26ClN3O3. The second-order valence-electron chi connectivity index (χ2n) is 8.40. The Bertz CT molecular complexity index is 993. The van der Waals surface area contributed by atoms with E-state index in [0.29, 0.717) is 28.8 Å². The Morgan fingerprint density at radius 3 is 2.80 bits per heavy atom. The molecule has 0 aliphatic carbocycles. The van der Waals surface area contributed by atoms with Crippen LogP contribution in [0.4, 0.5) is 11.4 Å². The highest BCUT2D eigenvalue weighted by Crippen LogP contribution is 2.48. The molecular weight excluding hydrogens is 402 g/mol. The fourth-order valence-corrected chi connectivity index (χ4v) is 4.91. The maximum atomic E-state index is 13.5. The first-order valence-electron chi connectivity index (χ1n) is 10.2. The molecule has 1 fully saturated rings. The molecule has 2 aliphatic heterocycles. The third-order valence-electron chi connectivity index (χ3n) is 5.92. The zero-order chi connectivity index (χ0) is 21.5. The van der Waals surface area contributed by atoms with Crippen LogP contribution in [-0.2, 0) is 15.1 Å². The van der Waals surface area contributed by atoms with E-state index in [4.69, 9.17) is 16.3 Å². The molecule has 0 saturated carbocycles. The van der Waals surface area contributed by atoms with Crippen molar-refractivity contribution in [3.05, 3.63) is 53.1 Å². The summed E-state index contributed by atoms with van der Waals surface area (Å²) in [4.78, 5) is 26.7. The Morgan fingerprint density at radius 2 is 2.07 bits per heavy atom. The Balaban J connectivity index is 1.72. The van der Waals surface area contributed by atoms with Crippen molar-refractivity contribution in [2.45, 2.75) is 38.3 Å². The normalized spacial score (nSPS) is 24.8. The maximum Gasteiger partial charge on any atom is 0.250 e. The second-order valence-corrected chi connectivity index (χ2v) is 8.84. The number of anilines is 2. The fraction of sp³-hybridized carbons (Fsp3) is 0.391. The molecule has 2 amide bonds. The van der Waals surface area contributed by atoms with Gasteiger partial charge in [-0.05, 0) is 43.0 Å². The first-order valence-corrected chi connectivity index (χ1v) is 10.6. The van der Waals surface area contributed by atoms with Crippen molar-refractivity contribution in [1.29, 1.82) is 0 Å². The highest BCUT2D eigenvalue weighted by molar-refractivity contribution is 6.31. The van der Waals surface area contributed by atoms with Crippen LogP contribution in [-0.4, -0.2) is 25.0 Å². The Labute approximate surface area is 181 Å². The van der Waals surface area contributed by atoms with Gasteiger partial charge in [-0.15, -0.1) is 0 Å². The van der Waals surface area contributed by atoms with E-state index in [1.807, 2.05) is 24.3 Å². The summed E-state index contributed by atoms with van der Waals surface area (Å²) in [6, 6.07) is 12.7. The number of hydrogen-bond donors (Lipinski definition) is 3. The van der Waals surface area contributed by atoms with Gasteiger partial charge in [0, 0.05) is 22.3 Å². The van der Waals surface area contributed by atoms with Crippen LogP contribution in [0.15, 0.2) is 42.5 Å². The van der Waals surface area contributed by atoms with E-state index in [1.54, 1.807) is 18.2 Å². The van der Waals surface area contributed by atoms with Crippen LogP contribution in [0, 0.1) is 11.8 Å². The topological polar surface area (TPSA) is 79.5 Å². The Kier molecular flexibility index (Phi) is 5.47. The highest BCUT2D eigenvalue weighted by Gasteiger charge is 2.60. The molecule has 1 saturated heterocycles. The lowest BCUT2D eigenvalue weighted by molar-refractivity contribution is -0.130. The van der Waals surface area contributed by atoms with Gasteiger partial charge in [0.2, 0.25) is 11.8 Å². The average Bonchev–Trinajstić information content (AvgIpc) is 3.20. The molecule has 0 unspecified atom stereocenters. The minimum atomic E-state index is -1.09. The fourth-order valence-electron chi connectivity index (χ4n) is 4.74. The molecule has 3 atom stereocenters. The maximum absolute atomic E-state index is 13.5. The van der Waals surface area contributed by atoms with Crippen LogP contribution in [0.2, 0.25) is 5.02 Å². The summed E-state index contributed by atoms with van der Waals surface area (Å²) in [6.07, 6.45) is 1.44. The summed E-state index contributed by atoms with van der Waals surface area (Å²) in [5, 5.41) is 9.93. The summed E-state index contributed by atoms with van der Waals surface area (Å²) in [7, 11) is 1.54. The van der Waals surface area contributed by atoms with Gasteiger partial charge in [0.15, 0.2) is 0 Å². The van der Waals surface area contributed by atoms with Gasteiger partial charge in [-0.3, -0.25) is 14.9 Å². The van der Waals surface area contributed by atoms with E-state index < -0.39 is 11.5 Å². The monoisotopic (exact) mass is 427 g/mol. The Hall–Kier alpha value is -2.57. The van der Waals surface area contributed by atoms with Gasteiger partial charge in [0.25, 0.3) is 0 Å². The molecule has 3 N–H and O–H groups in total. The van der Waals surface area contributed by atoms with Gasteiger partial charge in [-0.1, -0.05) is 43.6 Å². The SMILES string of the molecule is COc1ccc(Cl)cc1NC(=O)[C@@H]1C[C@@H](CC(C)C)N[C@@]12C(=O)Nc1ccccc12. The lowest BCUT2D eigenvalue weighted by Gasteiger charge is -2.29. The number of para-hydroxylation sites is 1. The van der Waals surface area contributed by atoms with Crippen molar-refractivity contribution in [2.24, 2.45) is 11.8 Å². The van der Waals surface area contributed by atoms with Gasteiger partial charge in [-0.2, -0.15) is 0 Å². The van der Waals surface area contributed by atoms with Crippen LogP contribution in [0.25, 0.3) is 0 Å². The van der Waals surface area contributed by atoms with Crippen LogP contribution < -0.4 is 20.7 Å². The number of benzene rings is 2. The van der Waals surface area contributed by atoms with Gasteiger partial charge >= 0.3 is 0 Å². The predicted molar refractivity (Wildman–Crippen MR) is 118 cm³/mol. The van der Waals surface area contributed by atoms with Gasteiger partial charge in [-0.25, -0.2) is 0 Å². The Morgan fingerprint density at radius 1 is 1.30 bits per heavy atom. The molecule has 4 rings (SSSR count). The predicted octanol–water partition coefficient (Wildman–Crippen LogP) is 4.16. The van der Waals surface area contributed by atoms with Crippen LogP contribution in [0.1, 0.15) is 32.3 Å². The van der Waals surface area contributed by atoms with Crippen molar-refractivity contribution in [3.8, 4) is 5.75 Å². The number of nitrogens with one attached hydrogen (secondary N) is 3. The third-order valence-corrected chi connectivity index (χ3v) is 6.16.